The predicted molar refractivity (Wildman–Crippen MR) is 89.5 cm³/mol. The normalized spacial score (nSPS) is 22.5. The molecule has 3 rings (SSSR count). The number of hydrogen-bond acceptors (Lipinski definition) is 3. The lowest BCUT2D eigenvalue weighted by Gasteiger charge is -2.40. The second-order valence-corrected chi connectivity index (χ2v) is 6.32. The first kappa shape index (κ1) is 14.5. The quantitative estimate of drug-likeness (QED) is 0.934. The van der Waals surface area contributed by atoms with Crippen molar-refractivity contribution in [3.05, 3.63) is 48.0 Å². The van der Waals surface area contributed by atoms with Crippen LogP contribution in [-0.2, 0) is 6.42 Å². The lowest BCUT2D eigenvalue weighted by atomic mass is 9.94. The van der Waals surface area contributed by atoms with Crippen molar-refractivity contribution in [3.63, 3.8) is 0 Å². The lowest BCUT2D eigenvalue weighted by molar-refractivity contribution is 0.0974. The van der Waals surface area contributed by atoms with Gasteiger partial charge in [0, 0.05) is 31.7 Å². The molecule has 2 N–H and O–H groups in total. The van der Waals surface area contributed by atoms with E-state index in [-0.39, 0.29) is 6.04 Å². The molecule has 21 heavy (non-hydrogen) atoms. The molecule has 0 bridgehead atoms. The van der Waals surface area contributed by atoms with Crippen LogP contribution in [0.25, 0.3) is 10.8 Å². The molecule has 2 aromatic rings. The van der Waals surface area contributed by atoms with Crippen molar-refractivity contribution in [2.45, 2.75) is 18.5 Å². The van der Waals surface area contributed by atoms with Gasteiger partial charge in [0.05, 0.1) is 0 Å². The number of nitrogens with two attached hydrogens (primary N) is 1. The third-order valence-electron chi connectivity index (χ3n) is 4.73. The van der Waals surface area contributed by atoms with Gasteiger partial charge in [0.15, 0.2) is 0 Å². The van der Waals surface area contributed by atoms with E-state index in [4.69, 9.17) is 5.73 Å². The second-order valence-electron chi connectivity index (χ2n) is 6.32. The summed E-state index contributed by atoms with van der Waals surface area (Å²) in [5.74, 6) is 0. The van der Waals surface area contributed by atoms with Crippen LogP contribution in [0, 0.1) is 0 Å². The molecule has 0 amide bonds. The van der Waals surface area contributed by atoms with E-state index >= 15 is 0 Å². The second kappa shape index (κ2) is 6.14. The Morgan fingerprint density at radius 2 is 1.86 bits per heavy atom. The van der Waals surface area contributed by atoms with E-state index in [0.29, 0.717) is 6.04 Å². The van der Waals surface area contributed by atoms with Crippen LogP contribution in [0.4, 0.5) is 0 Å². The highest BCUT2D eigenvalue weighted by Crippen LogP contribution is 2.21. The molecule has 1 aliphatic heterocycles. The summed E-state index contributed by atoms with van der Waals surface area (Å²) in [4.78, 5) is 4.80. The van der Waals surface area contributed by atoms with Gasteiger partial charge in [-0.1, -0.05) is 42.5 Å². The zero-order chi connectivity index (χ0) is 14.8. The molecule has 2 aromatic carbocycles. The van der Waals surface area contributed by atoms with Crippen LogP contribution in [-0.4, -0.2) is 55.6 Å². The fraction of sp³-hybridized carbons (Fsp3) is 0.444. The van der Waals surface area contributed by atoms with Crippen molar-refractivity contribution in [1.29, 1.82) is 0 Å². The Hall–Kier alpha value is -1.42. The maximum Gasteiger partial charge on any atom is 0.0375 e. The third-order valence-corrected chi connectivity index (χ3v) is 4.73. The Morgan fingerprint density at radius 1 is 1.10 bits per heavy atom. The summed E-state index contributed by atoms with van der Waals surface area (Å²) in [5.41, 5.74) is 7.92. The van der Waals surface area contributed by atoms with Gasteiger partial charge < -0.3 is 10.6 Å². The minimum Gasteiger partial charge on any atom is -0.326 e. The van der Waals surface area contributed by atoms with Crippen LogP contribution < -0.4 is 5.73 Å². The fourth-order valence-corrected chi connectivity index (χ4v) is 3.37. The first-order valence-corrected chi connectivity index (χ1v) is 7.76. The minimum atomic E-state index is 0.170. The summed E-state index contributed by atoms with van der Waals surface area (Å²) in [6.45, 7) is 3.29. The van der Waals surface area contributed by atoms with Crippen LogP contribution >= 0.6 is 0 Å². The number of likely N-dealkylation sites (N-methyl/N-ethyl adjacent to an activating group) is 2. The maximum absolute atomic E-state index is 6.56. The van der Waals surface area contributed by atoms with Crippen molar-refractivity contribution in [2.75, 3.05) is 33.7 Å². The van der Waals surface area contributed by atoms with Crippen molar-refractivity contribution in [1.82, 2.24) is 9.80 Å². The largest absolute Gasteiger partial charge is 0.326 e. The SMILES string of the molecule is CN1CCN(C)C(C(N)Cc2cccc3ccccc23)C1. The van der Waals surface area contributed by atoms with E-state index in [1.807, 2.05) is 0 Å². The van der Waals surface area contributed by atoms with E-state index in [9.17, 15) is 0 Å². The third kappa shape index (κ3) is 3.10. The van der Waals surface area contributed by atoms with E-state index in [1.165, 1.54) is 16.3 Å². The first-order chi connectivity index (χ1) is 10.1. The van der Waals surface area contributed by atoms with Gasteiger partial charge in [-0.2, -0.15) is 0 Å². The van der Waals surface area contributed by atoms with Gasteiger partial charge in [0.25, 0.3) is 0 Å². The molecule has 1 saturated heterocycles. The smallest absolute Gasteiger partial charge is 0.0375 e. The summed E-state index contributed by atoms with van der Waals surface area (Å²) in [5, 5.41) is 2.64. The Bertz CT molecular complexity index is 605. The summed E-state index contributed by atoms with van der Waals surface area (Å²) in [6, 6.07) is 15.7. The number of piperazine rings is 1. The van der Waals surface area contributed by atoms with Crippen LogP contribution in [0.1, 0.15) is 5.56 Å². The van der Waals surface area contributed by atoms with Crippen molar-refractivity contribution in [2.24, 2.45) is 5.73 Å². The predicted octanol–water partition coefficient (Wildman–Crippen LogP) is 1.96. The molecule has 1 aliphatic rings. The Balaban J connectivity index is 1.81. The average Bonchev–Trinajstić information content (AvgIpc) is 2.50. The number of fused-ring (bicyclic) bond motifs is 1. The fourth-order valence-electron chi connectivity index (χ4n) is 3.37. The molecule has 2 atom stereocenters. The molecule has 2 unspecified atom stereocenters. The Kier molecular flexibility index (Phi) is 4.24. The highest BCUT2D eigenvalue weighted by Gasteiger charge is 2.27. The summed E-state index contributed by atoms with van der Waals surface area (Å²) in [7, 11) is 4.38. The highest BCUT2D eigenvalue weighted by atomic mass is 15.3. The van der Waals surface area contributed by atoms with Crippen LogP contribution in [0.3, 0.4) is 0 Å². The van der Waals surface area contributed by atoms with E-state index < -0.39 is 0 Å². The molecule has 0 aliphatic carbocycles. The van der Waals surface area contributed by atoms with Crippen molar-refractivity contribution < 1.29 is 0 Å². The Morgan fingerprint density at radius 3 is 2.71 bits per heavy atom. The molecule has 0 radical (unpaired) electrons. The molecule has 1 heterocycles. The number of nitrogens with zero attached hydrogens (tertiary/aromatic N) is 2. The van der Waals surface area contributed by atoms with Gasteiger partial charge in [0.1, 0.15) is 0 Å². The zero-order valence-corrected chi connectivity index (χ0v) is 13.0. The number of rotatable bonds is 3. The van der Waals surface area contributed by atoms with Gasteiger partial charge in [-0.3, -0.25) is 4.90 Å². The van der Waals surface area contributed by atoms with Gasteiger partial charge in [0.2, 0.25) is 0 Å². The Labute approximate surface area is 127 Å². The monoisotopic (exact) mass is 283 g/mol. The standard InChI is InChI=1S/C18H25N3/c1-20-10-11-21(2)18(13-20)17(19)12-15-8-5-7-14-6-3-4-9-16(14)15/h3-9,17-18H,10-13,19H2,1-2H3. The topological polar surface area (TPSA) is 32.5 Å². The first-order valence-electron chi connectivity index (χ1n) is 7.76. The van der Waals surface area contributed by atoms with Crippen LogP contribution in [0.5, 0.6) is 0 Å². The van der Waals surface area contributed by atoms with Gasteiger partial charge in [-0.15, -0.1) is 0 Å². The molecule has 1 fully saturated rings. The van der Waals surface area contributed by atoms with Gasteiger partial charge >= 0.3 is 0 Å². The molecule has 0 spiro atoms. The molecule has 3 heteroatoms. The van der Waals surface area contributed by atoms with Gasteiger partial charge in [-0.05, 0) is 36.9 Å². The molecular weight excluding hydrogens is 258 g/mol. The van der Waals surface area contributed by atoms with E-state index in [1.54, 1.807) is 0 Å². The van der Waals surface area contributed by atoms with E-state index in [0.717, 1.165) is 26.1 Å². The molecule has 112 valence electrons. The summed E-state index contributed by atoms with van der Waals surface area (Å²) in [6.07, 6.45) is 0.935. The summed E-state index contributed by atoms with van der Waals surface area (Å²) < 4.78 is 0. The number of benzene rings is 2. The van der Waals surface area contributed by atoms with Gasteiger partial charge in [-0.25, -0.2) is 0 Å². The molecule has 0 saturated carbocycles. The molecule has 0 aromatic heterocycles. The summed E-state index contributed by atoms with van der Waals surface area (Å²) >= 11 is 0. The van der Waals surface area contributed by atoms with Crippen molar-refractivity contribution in [3.8, 4) is 0 Å². The molecule has 3 nitrogen and oxygen atoms in total. The zero-order valence-electron chi connectivity index (χ0n) is 13.0. The van der Waals surface area contributed by atoms with Crippen LogP contribution in [0.15, 0.2) is 42.5 Å². The minimum absolute atomic E-state index is 0.170. The van der Waals surface area contributed by atoms with Crippen LogP contribution in [0.2, 0.25) is 0 Å². The molecular formula is C18H25N3. The average molecular weight is 283 g/mol. The van der Waals surface area contributed by atoms with E-state index in [2.05, 4.69) is 66.4 Å². The lowest BCUT2D eigenvalue weighted by Crippen LogP contribution is -2.58. The van der Waals surface area contributed by atoms with Crippen molar-refractivity contribution >= 4 is 10.8 Å². The maximum atomic E-state index is 6.56. The highest BCUT2D eigenvalue weighted by molar-refractivity contribution is 5.85. The number of hydrogen-bond donors (Lipinski definition) is 1.